The lowest BCUT2D eigenvalue weighted by molar-refractivity contribution is 0.509. The summed E-state index contributed by atoms with van der Waals surface area (Å²) in [6.45, 7) is 3.86. The van der Waals surface area contributed by atoms with Crippen LogP contribution in [0.5, 0.6) is 0 Å². The Labute approximate surface area is 111 Å². The lowest BCUT2D eigenvalue weighted by atomic mass is 10.1. The van der Waals surface area contributed by atoms with E-state index < -0.39 is 5.82 Å². The zero-order valence-corrected chi connectivity index (χ0v) is 11.2. The molecule has 17 heavy (non-hydrogen) atoms. The van der Waals surface area contributed by atoms with Gasteiger partial charge in [-0.05, 0) is 31.0 Å². The maximum Gasteiger partial charge on any atom is 0.142 e. The second-order valence-electron chi connectivity index (χ2n) is 3.80. The van der Waals surface area contributed by atoms with Crippen LogP contribution in [0, 0.1) is 18.2 Å². The molecule has 0 spiro atoms. The van der Waals surface area contributed by atoms with Crippen molar-refractivity contribution in [2.45, 2.75) is 32.4 Å². The molecule has 0 aliphatic rings. The van der Waals surface area contributed by atoms with Crippen LogP contribution in [-0.2, 0) is 0 Å². The van der Waals surface area contributed by atoms with Crippen molar-refractivity contribution in [1.29, 1.82) is 0 Å². The van der Waals surface area contributed by atoms with Crippen molar-refractivity contribution in [3.8, 4) is 12.3 Å². The van der Waals surface area contributed by atoms with Gasteiger partial charge in [0.25, 0.3) is 0 Å². The Bertz CT molecular complexity index is 440. The van der Waals surface area contributed by atoms with Gasteiger partial charge in [-0.1, -0.05) is 36.0 Å². The summed E-state index contributed by atoms with van der Waals surface area (Å²) in [5.74, 6) is 2.15. The summed E-state index contributed by atoms with van der Waals surface area (Å²) in [4.78, 5) is 0. The molecule has 1 rings (SSSR count). The lowest BCUT2D eigenvalue weighted by Gasteiger charge is -2.19. The second kappa shape index (κ2) is 6.26. The first-order valence-electron chi connectivity index (χ1n) is 5.36. The molecule has 1 nitrogen and oxygen atoms in total. The molecule has 0 saturated carbocycles. The maximum absolute atomic E-state index is 13.4. The molecule has 1 N–H and O–H groups in total. The first-order chi connectivity index (χ1) is 7.99. The largest absolute Gasteiger partial charge is 0.297 e. The van der Waals surface area contributed by atoms with E-state index in [-0.39, 0.29) is 17.1 Å². The average Bonchev–Trinajstić information content (AvgIpc) is 2.30. The van der Waals surface area contributed by atoms with Gasteiger partial charge in [-0.3, -0.25) is 5.32 Å². The van der Waals surface area contributed by atoms with Crippen molar-refractivity contribution in [1.82, 2.24) is 5.32 Å². The molecule has 1 aromatic rings. The second-order valence-corrected chi connectivity index (χ2v) is 4.62. The Morgan fingerprint density at radius 1 is 1.41 bits per heavy atom. The van der Waals surface area contributed by atoms with Crippen LogP contribution in [0.2, 0.25) is 10.0 Å². The van der Waals surface area contributed by atoms with E-state index in [1.165, 1.54) is 12.1 Å². The van der Waals surface area contributed by atoms with Crippen molar-refractivity contribution >= 4 is 23.2 Å². The minimum Gasteiger partial charge on any atom is -0.297 e. The minimum atomic E-state index is -0.478. The van der Waals surface area contributed by atoms with Gasteiger partial charge in [0.15, 0.2) is 0 Å². The standard InChI is InChI=1S/C13H14Cl2FN/c1-4-9(5-2)17-8(3)10-6-13(16)12(15)7-11(10)14/h1,6-9,17H,5H2,2-3H3. The third-order valence-corrected chi connectivity index (χ3v) is 3.18. The van der Waals surface area contributed by atoms with Crippen LogP contribution < -0.4 is 5.32 Å². The molecule has 0 radical (unpaired) electrons. The summed E-state index contributed by atoms with van der Waals surface area (Å²) >= 11 is 11.7. The van der Waals surface area contributed by atoms with E-state index in [2.05, 4.69) is 11.2 Å². The normalized spacial score (nSPS) is 14.1. The van der Waals surface area contributed by atoms with Gasteiger partial charge in [0.2, 0.25) is 0 Å². The topological polar surface area (TPSA) is 12.0 Å². The molecular weight excluding hydrogens is 260 g/mol. The predicted molar refractivity (Wildman–Crippen MR) is 70.9 cm³/mol. The fraction of sp³-hybridized carbons (Fsp3) is 0.385. The van der Waals surface area contributed by atoms with Crippen LogP contribution in [-0.4, -0.2) is 6.04 Å². The third kappa shape index (κ3) is 3.61. The van der Waals surface area contributed by atoms with Crippen LogP contribution in [0.25, 0.3) is 0 Å². The highest BCUT2D eigenvalue weighted by molar-refractivity contribution is 6.35. The van der Waals surface area contributed by atoms with Gasteiger partial charge in [-0.2, -0.15) is 0 Å². The molecule has 92 valence electrons. The van der Waals surface area contributed by atoms with E-state index >= 15 is 0 Å². The molecule has 0 aliphatic heterocycles. The van der Waals surface area contributed by atoms with Gasteiger partial charge in [-0.15, -0.1) is 6.42 Å². The van der Waals surface area contributed by atoms with E-state index in [9.17, 15) is 4.39 Å². The van der Waals surface area contributed by atoms with Crippen LogP contribution in [0.1, 0.15) is 31.9 Å². The number of hydrogen-bond acceptors (Lipinski definition) is 1. The molecule has 2 atom stereocenters. The number of hydrogen-bond donors (Lipinski definition) is 1. The molecule has 0 bridgehead atoms. The van der Waals surface area contributed by atoms with E-state index in [0.717, 1.165) is 6.42 Å². The van der Waals surface area contributed by atoms with Gasteiger partial charge in [-0.25, -0.2) is 4.39 Å². The molecule has 2 unspecified atom stereocenters. The molecule has 0 aliphatic carbocycles. The highest BCUT2D eigenvalue weighted by Gasteiger charge is 2.15. The summed E-state index contributed by atoms with van der Waals surface area (Å²) < 4.78 is 13.4. The van der Waals surface area contributed by atoms with Crippen molar-refractivity contribution < 1.29 is 4.39 Å². The van der Waals surface area contributed by atoms with Crippen molar-refractivity contribution in [2.75, 3.05) is 0 Å². The molecule has 4 heteroatoms. The summed E-state index contributed by atoms with van der Waals surface area (Å²) in [6, 6.07) is 2.56. The van der Waals surface area contributed by atoms with E-state index in [1.54, 1.807) is 0 Å². The predicted octanol–water partition coefficient (Wildman–Crippen LogP) is 4.19. The zero-order valence-electron chi connectivity index (χ0n) is 9.73. The molecule has 0 amide bonds. The van der Waals surface area contributed by atoms with Crippen LogP contribution in [0.4, 0.5) is 4.39 Å². The fourth-order valence-electron chi connectivity index (χ4n) is 1.55. The number of terminal acetylenes is 1. The Balaban J connectivity index is 2.93. The number of nitrogens with one attached hydrogen (secondary N) is 1. The average molecular weight is 274 g/mol. The van der Waals surface area contributed by atoms with Crippen molar-refractivity contribution in [3.63, 3.8) is 0 Å². The molecule has 0 saturated heterocycles. The first-order valence-corrected chi connectivity index (χ1v) is 6.11. The van der Waals surface area contributed by atoms with E-state index in [0.29, 0.717) is 10.6 Å². The minimum absolute atomic E-state index is 0.0231. The highest BCUT2D eigenvalue weighted by Crippen LogP contribution is 2.28. The van der Waals surface area contributed by atoms with E-state index in [4.69, 9.17) is 29.6 Å². The summed E-state index contributed by atoms with van der Waals surface area (Å²) in [5, 5.41) is 3.65. The SMILES string of the molecule is C#CC(CC)NC(C)c1cc(F)c(Cl)cc1Cl. The van der Waals surface area contributed by atoms with E-state index in [1.807, 2.05) is 13.8 Å². The Morgan fingerprint density at radius 2 is 2.06 bits per heavy atom. The third-order valence-electron chi connectivity index (χ3n) is 2.57. The van der Waals surface area contributed by atoms with Crippen molar-refractivity contribution in [3.05, 3.63) is 33.6 Å². The number of halogens is 3. The van der Waals surface area contributed by atoms with Crippen LogP contribution >= 0.6 is 23.2 Å². The van der Waals surface area contributed by atoms with Gasteiger partial charge >= 0.3 is 0 Å². The smallest absolute Gasteiger partial charge is 0.142 e. The summed E-state index contributed by atoms with van der Waals surface area (Å²) in [7, 11) is 0. The first kappa shape index (κ1) is 14.3. The molecule has 1 aromatic carbocycles. The molecule has 0 fully saturated rings. The fourth-order valence-corrected chi connectivity index (χ4v) is 2.09. The summed E-state index contributed by atoms with van der Waals surface area (Å²) in [5.41, 5.74) is 0.655. The number of benzene rings is 1. The van der Waals surface area contributed by atoms with Crippen molar-refractivity contribution in [2.24, 2.45) is 0 Å². The zero-order chi connectivity index (χ0) is 13.0. The molecule has 0 aromatic heterocycles. The molecular formula is C13H14Cl2FN. The highest BCUT2D eigenvalue weighted by atomic mass is 35.5. The quantitative estimate of drug-likeness (QED) is 0.641. The Morgan fingerprint density at radius 3 is 2.59 bits per heavy atom. The van der Waals surface area contributed by atoms with Gasteiger partial charge in [0, 0.05) is 11.1 Å². The number of rotatable bonds is 4. The van der Waals surface area contributed by atoms with Gasteiger partial charge < -0.3 is 0 Å². The van der Waals surface area contributed by atoms with Crippen LogP contribution in [0.15, 0.2) is 12.1 Å². The van der Waals surface area contributed by atoms with Gasteiger partial charge in [0.05, 0.1) is 11.1 Å². The summed E-state index contributed by atoms with van der Waals surface area (Å²) in [6.07, 6.45) is 6.16. The monoisotopic (exact) mass is 273 g/mol. The molecule has 0 heterocycles. The van der Waals surface area contributed by atoms with Gasteiger partial charge in [0.1, 0.15) is 5.82 Å². The lowest BCUT2D eigenvalue weighted by Crippen LogP contribution is -2.29. The van der Waals surface area contributed by atoms with Crippen LogP contribution in [0.3, 0.4) is 0 Å². The Kier molecular flexibility index (Phi) is 5.27. The maximum atomic E-state index is 13.4. The Hall–Kier alpha value is -0.750.